The molecule has 1 amide bonds. The average molecular weight is 270 g/mol. The number of nitrogens with zero attached hydrogens (tertiary/aromatic N) is 1. The Bertz CT molecular complexity index is 596. The lowest BCUT2D eigenvalue weighted by molar-refractivity contribution is -0.135. The number of carbonyl (C=O) groups excluding carboxylic acids is 1. The average Bonchev–Trinajstić information content (AvgIpc) is 2.91. The van der Waals surface area contributed by atoms with Crippen LogP contribution in [0.25, 0.3) is 10.9 Å². The normalized spacial score (nSPS) is 16.4. The molecule has 0 aliphatic heterocycles. The zero-order valence-corrected chi connectivity index (χ0v) is 12.1. The van der Waals surface area contributed by atoms with Crippen LogP contribution in [-0.4, -0.2) is 22.8 Å². The predicted octanol–water partition coefficient (Wildman–Crippen LogP) is 3.71. The number of benzene rings is 1. The van der Waals surface area contributed by atoms with E-state index in [9.17, 15) is 4.79 Å². The molecule has 0 unspecified atom stereocenters. The number of aromatic amines is 1. The molecule has 2 aromatic rings. The quantitative estimate of drug-likeness (QED) is 0.907. The number of hydrogen-bond donors (Lipinski definition) is 1. The maximum Gasteiger partial charge on any atom is 0.225 e. The lowest BCUT2D eigenvalue weighted by Crippen LogP contribution is -2.33. The van der Waals surface area contributed by atoms with E-state index < -0.39 is 0 Å². The molecule has 106 valence electrons. The van der Waals surface area contributed by atoms with Gasteiger partial charge in [-0.2, -0.15) is 0 Å². The molecule has 1 aliphatic rings. The molecular formula is C17H22N2O. The number of amides is 1. The molecule has 0 bridgehead atoms. The van der Waals surface area contributed by atoms with Gasteiger partial charge in [0.2, 0.25) is 5.91 Å². The van der Waals surface area contributed by atoms with Gasteiger partial charge in [-0.15, -0.1) is 0 Å². The largest absolute Gasteiger partial charge is 0.361 e. The van der Waals surface area contributed by atoms with Gasteiger partial charge in [0.1, 0.15) is 0 Å². The molecule has 3 rings (SSSR count). The number of aromatic nitrogens is 1. The van der Waals surface area contributed by atoms with Crippen LogP contribution in [0.3, 0.4) is 0 Å². The Balaban J connectivity index is 1.71. The minimum absolute atomic E-state index is 0.249. The van der Waals surface area contributed by atoms with E-state index in [0.29, 0.717) is 12.5 Å². The van der Waals surface area contributed by atoms with Gasteiger partial charge < -0.3 is 9.88 Å². The molecule has 20 heavy (non-hydrogen) atoms. The molecule has 1 aliphatic carbocycles. The molecular weight excluding hydrogens is 248 g/mol. The van der Waals surface area contributed by atoms with Gasteiger partial charge in [-0.25, -0.2) is 0 Å². The number of hydrogen-bond acceptors (Lipinski definition) is 1. The van der Waals surface area contributed by atoms with Crippen molar-refractivity contribution in [3.05, 3.63) is 36.0 Å². The number of rotatable bonds is 3. The molecule has 1 N–H and O–H groups in total. The van der Waals surface area contributed by atoms with Gasteiger partial charge >= 0.3 is 0 Å². The zero-order valence-electron chi connectivity index (χ0n) is 12.1. The number of fused-ring (bicyclic) bond motifs is 1. The lowest BCUT2D eigenvalue weighted by atomic mass is 9.88. The molecule has 0 spiro atoms. The van der Waals surface area contributed by atoms with Crippen LogP contribution in [0.5, 0.6) is 0 Å². The summed E-state index contributed by atoms with van der Waals surface area (Å²) in [5, 5.41) is 1.22. The minimum atomic E-state index is 0.249. The minimum Gasteiger partial charge on any atom is -0.361 e. The van der Waals surface area contributed by atoms with Gasteiger partial charge in [0.05, 0.1) is 0 Å². The van der Waals surface area contributed by atoms with Crippen molar-refractivity contribution >= 4 is 16.8 Å². The van der Waals surface area contributed by atoms with Crippen molar-refractivity contribution in [3.8, 4) is 0 Å². The van der Waals surface area contributed by atoms with Crippen molar-refractivity contribution in [2.45, 2.75) is 38.6 Å². The van der Waals surface area contributed by atoms with E-state index in [4.69, 9.17) is 0 Å². The highest BCUT2D eigenvalue weighted by molar-refractivity contribution is 5.84. The third-order valence-corrected chi connectivity index (χ3v) is 4.41. The second-order valence-electron chi connectivity index (χ2n) is 5.89. The van der Waals surface area contributed by atoms with E-state index in [1.165, 1.54) is 30.2 Å². The molecule has 1 fully saturated rings. The first-order valence-electron chi connectivity index (χ1n) is 7.55. The molecule has 1 heterocycles. The zero-order chi connectivity index (χ0) is 13.9. The van der Waals surface area contributed by atoms with Crippen LogP contribution in [0.15, 0.2) is 30.5 Å². The van der Waals surface area contributed by atoms with Gasteiger partial charge in [0, 0.05) is 36.6 Å². The van der Waals surface area contributed by atoms with E-state index in [1.54, 1.807) is 0 Å². The second kappa shape index (κ2) is 5.70. The summed E-state index contributed by atoms with van der Waals surface area (Å²) in [5.74, 6) is 0.564. The fourth-order valence-electron chi connectivity index (χ4n) is 3.26. The van der Waals surface area contributed by atoms with Crippen molar-refractivity contribution in [1.82, 2.24) is 9.88 Å². The molecule has 0 saturated heterocycles. The van der Waals surface area contributed by atoms with Gasteiger partial charge in [-0.1, -0.05) is 37.5 Å². The molecule has 1 aromatic heterocycles. The van der Waals surface area contributed by atoms with E-state index >= 15 is 0 Å². The summed E-state index contributed by atoms with van der Waals surface area (Å²) in [6.45, 7) is 0.694. The lowest BCUT2D eigenvalue weighted by Gasteiger charge is -2.26. The first kappa shape index (κ1) is 13.2. The summed E-state index contributed by atoms with van der Waals surface area (Å²) < 4.78 is 0. The fourth-order valence-corrected chi connectivity index (χ4v) is 3.26. The maximum atomic E-state index is 12.5. The Morgan fingerprint density at radius 2 is 2.00 bits per heavy atom. The highest BCUT2D eigenvalue weighted by Crippen LogP contribution is 2.26. The Morgan fingerprint density at radius 1 is 1.25 bits per heavy atom. The molecule has 3 nitrogen and oxygen atoms in total. The highest BCUT2D eigenvalue weighted by Gasteiger charge is 2.24. The molecule has 1 saturated carbocycles. The number of para-hydroxylation sites is 1. The van der Waals surface area contributed by atoms with E-state index in [1.807, 2.05) is 30.3 Å². The molecule has 3 heteroatoms. The summed E-state index contributed by atoms with van der Waals surface area (Å²) >= 11 is 0. The smallest absolute Gasteiger partial charge is 0.225 e. The Hall–Kier alpha value is -1.77. The maximum absolute atomic E-state index is 12.5. The Morgan fingerprint density at radius 3 is 2.80 bits per heavy atom. The number of carbonyl (C=O) groups is 1. The van der Waals surface area contributed by atoms with Crippen LogP contribution in [0.1, 0.15) is 37.7 Å². The van der Waals surface area contributed by atoms with E-state index in [2.05, 4.69) is 17.1 Å². The topological polar surface area (TPSA) is 36.1 Å². The highest BCUT2D eigenvalue weighted by atomic mass is 16.2. The SMILES string of the molecule is CN(Cc1c[nH]c2ccccc12)C(=O)C1CCCCC1. The van der Waals surface area contributed by atoms with Crippen LogP contribution < -0.4 is 0 Å². The first-order chi connectivity index (χ1) is 9.75. The van der Waals surface area contributed by atoms with Crippen molar-refractivity contribution in [2.75, 3.05) is 7.05 Å². The van der Waals surface area contributed by atoms with Gasteiger partial charge in [-0.05, 0) is 24.5 Å². The summed E-state index contributed by atoms with van der Waals surface area (Å²) in [4.78, 5) is 17.6. The monoisotopic (exact) mass is 270 g/mol. The fraction of sp³-hybridized carbons (Fsp3) is 0.471. The van der Waals surface area contributed by atoms with Crippen molar-refractivity contribution in [2.24, 2.45) is 5.92 Å². The molecule has 0 atom stereocenters. The summed E-state index contributed by atoms with van der Waals surface area (Å²) in [5.41, 5.74) is 2.34. The molecule has 0 radical (unpaired) electrons. The third kappa shape index (κ3) is 2.58. The van der Waals surface area contributed by atoms with E-state index in [-0.39, 0.29) is 5.92 Å². The Labute approximate surface area is 120 Å². The van der Waals surface area contributed by atoms with Crippen LogP contribution in [-0.2, 0) is 11.3 Å². The van der Waals surface area contributed by atoms with Gasteiger partial charge in [0.15, 0.2) is 0 Å². The standard InChI is InChI=1S/C17H22N2O/c1-19(17(20)13-7-3-2-4-8-13)12-14-11-18-16-10-6-5-9-15(14)16/h5-6,9-11,13,18H,2-4,7-8,12H2,1H3. The first-order valence-corrected chi connectivity index (χ1v) is 7.55. The summed E-state index contributed by atoms with van der Waals surface area (Å²) in [6.07, 6.45) is 7.86. The summed E-state index contributed by atoms with van der Waals surface area (Å²) in [6, 6.07) is 8.25. The Kier molecular flexibility index (Phi) is 3.77. The van der Waals surface area contributed by atoms with Gasteiger partial charge in [-0.3, -0.25) is 4.79 Å². The number of H-pyrrole nitrogens is 1. The predicted molar refractivity (Wildman–Crippen MR) is 81.3 cm³/mol. The third-order valence-electron chi connectivity index (χ3n) is 4.41. The van der Waals surface area contributed by atoms with Crippen LogP contribution >= 0.6 is 0 Å². The molecule has 1 aromatic carbocycles. The second-order valence-corrected chi connectivity index (χ2v) is 5.89. The van der Waals surface area contributed by atoms with E-state index in [0.717, 1.165) is 18.4 Å². The summed E-state index contributed by atoms with van der Waals surface area (Å²) in [7, 11) is 1.93. The van der Waals surface area contributed by atoms with Gasteiger partial charge in [0.25, 0.3) is 0 Å². The van der Waals surface area contributed by atoms with Crippen LogP contribution in [0, 0.1) is 5.92 Å². The van der Waals surface area contributed by atoms with Crippen LogP contribution in [0.4, 0.5) is 0 Å². The van der Waals surface area contributed by atoms with Crippen molar-refractivity contribution in [3.63, 3.8) is 0 Å². The van der Waals surface area contributed by atoms with Crippen molar-refractivity contribution in [1.29, 1.82) is 0 Å². The van der Waals surface area contributed by atoms with Crippen molar-refractivity contribution < 1.29 is 4.79 Å². The van der Waals surface area contributed by atoms with Crippen LogP contribution in [0.2, 0.25) is 0 Å². The number of nitrogens with one attached hydrogen (secondary N) is 1.